The molecule has 0 radical (unpaired) electrons. The van der Waals surface area contributed by atoms with Crippen LogP contribution in [-0.2, 0) is 6.54 Å². The first-order valence-corrected chi connectivity index (χ1v) is 20.0. The summed E-state index contributed by atoms with van der Waals surface area (Å²) in [5, 5.41) is 4.86. The van der Waals surface area contributed by atoms with E-state index in [1.54, 1.807) is 6.08 Å². The van der Waals surface area contributed by atoms with Crippen LogP contribution in [0.3, 0.4) is 0 Å². The SMILES string of the molecule is C=CC.N/C(=C\C(=NCc1ccccc1)c1cc(-n2c3ccccc3c3ccccc32)cc(-n2c3ccccc3c3ccccc32)c1)c1ccc(-c2ccccc2)cc1. The Morgan fingerprint density at radius 3 is 1.34 bits per heavy atom. The summed E-state index contributed by atoms with van der Waals surface area (Å²) in [6, 6.07) is 70.8. The predicted molar refractivity (Wildman–Crippen MR) is 252 cm³/mol. The number of benzene rings is 8. The van der Waals surface area contributed by atoms with E-state index >= 15 is 0 Å². The monoisotopic (exact) mass is 760 g/mol. The van der Waals surface area contributed by atoms with Gasteiger partial charge in [0.25, 0.3) is 0 Å². The number of aromatic nitrogens is 2. The smallest absolute Gasteiger partial charge is 0.0672 e. The van der Waals surface area contributed by atoms with E-state index < -0.39 is 0 Å². The van der Waals surface area contributed by atoms with Crippen molar-refractivity contribution in [1.29, 1.82) is 0 Å². The fraction of sp³-hybridized carbons (Fsp3) is 0.0364. The molecule has 0 saturated carbocycles. The zero-order valence-corrected chi connectivity index (χ0v) is 33.0. The van der Waals surface area contributed by atoms with Gasteiger partial charge in [0.05, 0.1) is 34.3 Å². The van der Waals surface area contributed by atoms with Gasteiger partial charge in [-0.15, -0.1) is 6.58 Å². The van der Waals surface area contributed by atoms with Crippen molar-refractivity contribution in [3.05, 3.63) is 236 Å². The second kappa shape index (κ2) is 16.4. The number of nitrogens with zero attached hydrogens (tertiary/aromatic N) is 3. The molecule has 4 heteroatoms. The van der Waals surface area contributed by atoms with Crippen LogP contribution in [0.5, 0.6) is 0 Å². The van der Waals surface area contributed by atoms with E-state index in [0.717, 1.165) is 61.4 Å². The molecule has 2 N–H and O–H groups in total. The summed E-state index contributed by atoms with van der Waals surface area (Å²) < 4.78 is 4.77. The third-order valence-corrected chi connectivity index (χ3v) is 10.8. The molecule has 0 spiro atoms. The van der Waals surface area contributed by atoms with E-state index in [1.165, 1.54) is 27.1 Å². The summed E-state index contributed by atoms with van der Waals surface area (Å²) in [6.45, 7) is 5.76. The molecular weight excluding hydrogens is 717 g/mol. The van der Waals surface area contributed by atoms with Crippen LogP contribution in [0.4, 0.5) is 0 Å². The molecule has 0 aliphatic carbocycles. The third-order valence-electron chi connectivity index (χ3n) is 10.8. The lowest BCUT2D eigenvalue weighted by molar-refractivity contribution is 1.07. The lowest BCUT2D eigenvalue weighted by Crippen LogP contribution is -2.08. The molecule has 284 valence electrons. The zero-order valence-electron chi connectivity index (χ0n) is 33.0. The van der Waals surface area contributed by atoms with Gasteiger partial charge in [0, 0.05) is 44.2 Å². The molecule has 2 heterocycles. The highest BCUT2D eigenvalue weighted by molar-refractivity contribution is 6.14. The first kappa shape index (κ1) is 36.9. The van der Waals surface area contributed by atoms with Gasteiger partial charge >= 0.3 is 0 Å². The van der Waals surface area contributed by atoms with Crippen molar-refractivity contribution in [3.63, 3.8) is 0 Å². The molecular formula is C55H44N4. The van der Waals surface area contributed by atoms with Gasteiger partial charge in [-0.3, -0.25) is 4.99 Å². The molecule has 0 aliphatic rings. The molecule has 10 rings (SSSR count). The van der Waals surface area contributed by atoms with Crippen LogP contribution in [-0.4, -0.2) is 14.8 Å². The minimum Gasteiger partial charge on any atom is -0.398 e. The van der Waals surface area contributed by atoms with Crippen LogP contribution < -0.4 is 5.73 Å². The zero-order chi connectivity index (χ0) is 40.1. The number of hydrogen-bond acceptors (Lipinski definition) is 2. The Hall–Kier alpha value is -7.69. The number of hydrogen-bond donors (Lipinski definition) is 1. The van der Waals surface area contributed by atoms with E-state index in [0.29, 0.717) is 12.2 Å². The Kier molecular flexibility index (Phi) is 10.3. The number of allylic oxidation sites excluding steroid dienone is 2. The molecule has 8 aromatic carbocycles. The summed E-state index contributed by atoms with van der Waals surface area (Å²) in [5.41, 5.74) is 20.5. The van der Waals surface area contributed by atoms with E-state index in [9.17, 15) is 0 Å². The first-order valence-electron chi connectivity index (χ1n) is 20.0. The van der Waals surface area contributed by atoms with Crippen molar-refractivity contribution in [1.82, 2.24) is 9.13 Å². The average Bonchev–Trinajstić information content (AvgIpc) is 3.82. The van der Waals surface area contributed by atoms with E-state index in [2.05, 4.69) is 204 Å². The van der Waals surface area contributed by atoms with Crippen molar-refractivity contribution in [2.45, 2.75) is 13.5 Å². The molecule has 0 bridgehead atoms. The highest BCUT2D eigenvalue weighted by atomic mass is 15.0. The number of para-hydroxylation sites is 4. The molecule has 0 fully saturated rings. The Morgan fingerprint density at radius 1 is 0.492 bits per heavy atom. The van der Waals surface area contributed by atoms with Crippen molar-refractivity contribution in [3.8, 4) is 22.5 Å². The number of fused-ring (bicyclic) bond motifs is 6. The highest BCUT2D eigenvalue weighted by Gasteiger charge is 2.18. The number of rotatable bonds is 8. The molecule has 0 unspecified atom stereocenters. The molecule has 10 aromatic rings. The van der Waals surface area contributed by atoms with Gasteiger partial charge < -0.3 is 14.9 Å². The largest absolute Gasteiger partial charge is 0.398 e. The summed E-state index contributed by atoms with van der Waals surface area (Å²) in [7, 11) is 0. The van der Waals surface area contributed by atoms with Crippen LogP contribution in [0, 0.1) is 0 Å². The number of nitrogens with two attached hydrogens (primary N) is 1. The van der Waals surface area contributed by atoms with Crippen LogP contribution in [0.15, 0.2) is 224 Å². The molecule has 0 atom stereocenters. The summed E-state index contributed by atoms with van der Waals surface area (Å²) in [6.07, 6.45) is 3.79. The van der Waals surface area contributed by atoms with Crippen LogP contribution >= 0.6 is 0 Å². The normalized spacial score (nSPS) is 11.9. The minimum atomic E-state index is 0.511. The first-order chi connectivity index (χ1) is 29.1. The maximum absolute atomic E-state index is 7.02. The third kappa shape index (κ3) is 7.24. The molecule has 59 heavy (non-hydrogen) atoms. The van der Waals surface area contributed by atoms with Crippen molar-refractivity contribution >= 4 is 55.0 Å². The van der Waals surface area contributed by atoms with E-state index in [-0.39, 0.29) is 0 Å². The van der Waals surface area contributed by atoms with Crippen molar-refractivity contribution in [2.24, 2.45) is 10.7 Å². The standard InChI is InChI=1S/C52H38N4.C3H6/c53-47(39-29-27-38(28-30-39)37-17-5-2-6-18-37)34-48(54-35-36-15-3-1-4-16-36)40-31-41(55-49-23-11-7-19-43(49)44-20-8-12-24-50(44)55)33-42(32-40)56-51-25-13-9-21-45(51)46-22-10-14-26-52(46)56;1-3-2/h1-34H,35,53H2;3H,1H2,2H3/b47-34-,54-48?;. The summed E-state index contributed by atoms with van der Waals surface area (Å²) in [5.74, 6) is 0. The molecule has 0 saturated heterocycles. The lowest BCUT2D eigenvalue weighted by atomic mass is 10.0. The number of aliphatic imine (C=N–C) groups is 1. The molecule has 0 amide bonds. The molecule has 4 nitrogen and oxygen atoms in total. The molecule has 0 aliphatic heterocycles. The summed E-state index contributed by atoms with van der Waals surface area (Å²) >= 11 is 0. The Labute approximate surface area is 345 Å². The van der Waals surface area contributed by atoms with Gasteiger partial charge in [-0.2, -0.15) is 0 Å². The van der Waals surface area contributed by atoms with Crippen molar-refractivity contribution < 1.29 is 0 Å². The second-order valence-electron chi connectivity index (χ2n) is 14.6. The Morgan fingerprint density at radius 2 is 0.881 bits per heavy atom. The topological polar surface area (TPSA) is 48.2 Å². The summed E-state index contributed by atoms with van der Waals surface area (Å²) in [4.78, 5) is 5.33. The van der Waals surface area contributed by atoms with Gasteiger partial charge in [0.2, 0.25) is 0 Å². The van der Waals surface area contributed by atoms with Gasteiger partial charge in [0.15, 0.2) is 0 Å². The maximum atomic E-state index is 7.02. The molecule has 2 aromatic heterocycles. The van der Waals surface area contributed by atoms with Gasteiger partial charge in [-0.25, -0.2) is 0 Å². The lowest BCUT2D eigenvalue weighted by Gasteiger charge is -2.16. The highest BCUT2D eigenvalue weighted by Crippen LogP contribution is 2.36. The van der Waals surface area contributed by atoms with E-state index in [1.807, 2.05) is 25.1 Å². The fourth-order valence-corrected chi connectivity index (χ4v) is 8.10. The average molecular weight is 761 g/mol. The van der Waals surface area contributed by atoms with Crippen molar-refractivity contribution in [2.75, 3.05) is 0 Å². The van der Waals surface area contributed by atoms with Crippen LogP contribution in [0.2, 0.25) is 0 Å². The Balaban J connectivity index is 0.00000145. The van der Waals surface area contributed by atoms with Gasteiger partial charge in [-0.1, -0.05) is 164 Å². The minimum absolute atomic E-state index is 0.511. The Bertz CT molecular complexity index is 2910. The van der Waals surface area contributed by atoms with Gasteiger partial charge in [-0.05, 0) is 77.7 Å². The van der Waals surface area contributed by atoms with Gasteiger partial charge in [0.1, 0.15) is 0 Å². The fourth-order valence-electron chi connectivity index (χ4n) is 8.10. The van der Waals surface area contributed by atoms with E-state index in [4.69, 9.17) is 10.7 Å². The second-order valence-corrected chi connectivity index (χ2v) is 14.6. The maximum Gasteiger partial charge on any atom is 0.0672 e. The predicted octanol–water partition coefficient (Wildman–Crippen LogP) is 13.7. The van der Waals surface area contributed by atoms with Crippen LogP contribution in [0.25, 0.3) is 71.8 Å². The quantitative estimate of drug-likeness (QED) is 0.122. The van der Waals surface area contributed by atoms with Crippen LogP contribution in [0.1, 0.15) is 23.6 Å².